The first-order valence-corrected chi connectivity index (χ1v) is 14.4. The summed E-state index contributed by atoms with van der Waals surface area (Å²) in [6, 6.07) is 0. The van der Waals surface area contributed by atoms with E-state index in [2.05, 4.69) is 10.1 Å². The Bertz CT molecular complexity index is 904. The van der Waals surface area contributed by atoms with Gasteiger partial charge >= 0.3 is 6.18 Å². The van der Waals surface area contributed by atoms with Crippen molar-refractivity contribution in [3.05, 3.63) is 24.3 Å². The minimum absolute atomic E-state index is 0.0405. The first-order chi connectivity index (χ1) is 18.0. The fourth-order valence-electron chi connectivity index (χ4n) is 6.06. The Balaban J connectivity index is 1.32. The molecule has 1 saturated heterocycles. The third-order valence-electron chi connectivity index (χ3n) is 8.46. The molecule has 1 aromatic rings. The monoisotopic (exact) mass is 567 g/mol. The van der Waals surface area contributed by atoms with E-state index < -0.39 is 47.5 Å². The third-order valence-corrected chi connectivity index (χ3v) is 9.93. The molecule has 0 aromatic carbocycles. The van der Waals surface area contributed by atoms with Gasteiger partial charge in [-0.1, -0.05) is 12.5 Å². The maximum absolute atomic E-state index is 15.0. The molecule has 3 fully saturated rings. The molecule has 4 rings (SSSR count). The lowest BCUT2D eigenvalue weighted by Crippen LogP contribution is -2.55. The zero-order valence-corrected chi connectivity index (χ0v) is 22.6. The average Bonchev–Trinajstić information content (AvgIpc) is 3.37. The number of aromatic nitrogens is 3. The molecule has 2 aliphatic carbocycles. The van der Waals surface area contributed by atoms with Crippen molar-refractivity contribution < 1.29 is 36.5 Å². The standard InChI is InChI=1S/C26H38F5N3O3S/c1-16(18-3-5-19(6-4-18)26(29,30)31)9-24-36-11-21(12-37-24)38-17(2)25(35,13-34-15-32-14-33-34)22-8-7-20(27)10-23(22)28/h9,14-15,17-24,35H,3-8,10-13H2,1-2H3/b16-9+/t17-,18?,19?,20?,21?,22?,23?,24?,25?/m1/s1. The topological polar surface area (TPSA) is 69.4 Å². The summed E-state index contributed by atoms with van der Waals surface area (Å²) in [4.78, 5) is 3.92. The smallest absolute Gasteiger partial charge is 0.386 e. The van der Waals surface area contributed by atoms with Crippen molar-refractivity contribution in [3.8, 4) is 0 Å². The largest absolute Gasteiger partial charge is 0.391 e. The fraction of sp³-hybridized carbons (Fsp3) is 0.846. The van der Waals surface area contributed by atoms with Crippen molar-refractivity contribution in [2.24, 2.45) is 17.8 Å². The van der Waals surface area contributed by atoms with Crippen molar-refractivity contribution in [1.29, 1.82) is 0 Å². The second-order valence-electron chi connectivity index (χ2n) is 11.1. The normalized spacial score (nSPS) is 36.0. The van der Waals surface area contributed by atoms with Crippen molar-refractivity contribution in [2.75, 3.05) is 13.2 Å². The van der Waals surface area contributed by atoms with Crippen LogP contribution in [0.15, 0.2) is 24.3 Å². The third kappa shape index (κ3) is 7.28. The Kier molecular flexibility index (Phi) is 9.79. The van der Waals surface area contributed by atoms with E-state index in [-0.39, 0.29) is 49.8 Å². The van der Waals surface area contributed by atoms with Crippen LogP contribution in [-0.4, -0.2) is 74.0 Å². The number of ether oxygens (including phenoxy) is 2. The van der Waals surface area contributed by atoms with Crippen LogP contribution >= 0.6 is 11.8 Å². The molecular formula is C26H38F5N3O3S. The Morgan fingerprint density at radius 3 is 2.39 bits per heavy atom. The lowest BCUT2D eigenvalue weighted by molar-refractivity contribution is -0.183. The van der Waals surface area contributed by atoms with Gasteiger partial charge in [-0.2, -0.15) is 18.3 Å². The van der Waals surface area contributed by atoms with Gasteiger partial charge in [0.1, 0.15) is 30.6 Å². The molecule has 12 heteroatoms. The van der Waals surface area contributed by atoms with Crippen LogP contribution in [0.1, 0.15) is 58.8 Å². The summed E-state index contributed by atoms with van der Waals surface area (Å²) in [6.07, 6.45) is -1.16. The number of hydrogen-bond donors (Lipinski definition) is 1. The highest BCUT2D eigenvalue weighted by Crippen LogP contribution is 2.44. The molecule has 2 heterocycles. The highest BCUT2D eigenvalue weighted by atomic mass is 32.2. The molecule has 0 spiro atoms. The van der Waals surface area contributed by atoms with Gasteiger partial charge in [0.2, 0.25) is 0 Å². The van der Waals surface area contributed by atoms with E-state index in [1.165, 1.54) is 29.1 Å². The van der Waals surface area contributed by atoms with Gasteiger partial charge in [-0.25, -0.2) is 13.8 Å². The Labute approximate surface area is 224 Å². The van der Waals surface area contributed by atoms with Gasteiger partial charge in [0.05, 0.1) is 30.9 Å². The summed E-state index contributed by atoms with van der Waals surface area (Å²) in [7, 11) is 0. The van der Waals surface area contributed by atoms with Crippen LogP contribution in [0.25, 0.3) is 0 Å². The van der Waals surface area contributed by atoms with Gasteiger partial charge in [0.15, 0.2) is 6.29 Å². The number of alkyl halides is 5. The van der Waals surface area contributed by atoms with Crippen molar-refractivity contribution in [1.82, 2.24) is 14.8 Å². The van der Waals surface area contributed by atoms with E-state index in [0.717, 1.165) is 5.57 Å². The second kappa shape index (κ2) is 12.5. The maximum Gasteiger partial charge on any atom is 0.391 e. The number of aliphatic hydroxyl groups is 1. The fourth-order valence-corrected chi connectivity index (χ4v) is 7.44. The number of allylic oxidation sites excluding steroid dienone is 1. The van der Waals surface area contributed by atoms with Gasteiger partial charge in [-0.3, -0.25) is 4.68 Å². The predicted octanol–water partition coefficient (Wildman–Crippen LogP) is 5.66. The van der Waals surface area contributed by atoms with Gasteiger partial charge < -0.3 is 14.6 Å². The van der Waals surface area contributed by atoms with Crippen LogP contribution in [0, 0.1) is 17.8 Å². The highest BCUT2D eigenvalue weighted by Gasteiger charge is 2.49. The number of rotatable bonds is 8. The summed E-state index contributed by atoms with van der Waals surface area (Å²) in [6.45, 7) is 4.49. The molecule has 3 aliphatic rings. The van der Waals surface area contributed by atoms with Crippen LogP contribution in [0.5, 0.6) is 0 Å². The number of thioether (sulfide) groups is 1. The molecule has 0 radical (unpaired) electrons. The van der Waals surface area contributed by atoms with E-state index >= 15 is 4.39 Å². The van der Waals surface area contributed by atoms with Gasteiger partial charge in [0.25, 0.3) is 0 Å². The summed E-state index contributed by atoms with van der Waals surface area (Å²) in [5.41, 5.74) is -0.504. The van der Waals surface area contributed by atoms with E-state index in [1.54, 1.807) is 0 Å². The molecule has 0 amide bonds. The van der Waals surface area contributed by atoms with Gasteiger partial charge in [-0.15, -0.1) is 11.8 Å². The molecule has 216 valence electrons. The zero-order chi connectivity index (χ0) is 27.5. The molecule has 0 bridgehead atoms. The summed E-state index contributed by atoms with van der Waals surface area (Å²) < 4.78 is 81.0. The van der Waals surface area contributed by atoms with Crippen LogP contribution in [0.2, 0.25) is 0 Å². The number of halogens is 5. The second-order valence-corrected chi connectivity index (χ2v) is 12.7. The van der Waals surface area contributed by atoms with E-state index in [9.17, 15) is 22.7 Å². The maximum atomic E-state index is 15.0. The van der Waals surface area contributed by atoms with Gasteiger partial charge in [-0.05, 0) is 57.4 Å². The quantitative estimate of drug-likeness (QED) is 0.323. The molecule has 1 aromatic heterocycles. The number of hydrogen-bond acceptors (Lipinski definition) is 6. The van der Waals surface area contributed by atoms with Gasteiger partial charge in [0, 0.05) is 17.6 Å². The predicted molar refractivity (Wildman–Crippen MR) is 134 cm³/mol. The van der Waals surface area contributed by atoms with E-state index in [1.807, 2.05) is 19.9 Å². The van der Waals surface area contributed by atoms with Crippen LogP contribution in [0.4, 0.5) is 22.0 Å². The minimum Gasteiger partial charge on any atom is -0.386 e. The summed E-state index contributed by atoms with van der Waals surface area (Å²) in [5.74, 6) is -1.86. The van der Waals surface area contributed by atoms with Crippen molar-refractivity contribution in [2.45, 2.75) is 106 Å². The molecule has 5 atom stereocenters. The van der Waals surface area contributed by atoms with Crippen LogP contribution in [0.3, 0.4) is 0 Å². The van der Waals surface area contributed by atoms with E-state index in [0.29, 0.717) is 26.1 Å². The highest BCUT2D eigenvalue weighted by molar-refractivity contribution is 8.00. The zero-order valence-electron chi connectivity index (χ0n) is 21.8. The molecule has 4 unspecified atom stereocenters. The minimum atomic E-state index is -4.12. The molecule has 1 aliphatic heterocycles. The first-order valence-electron chi connectivity index (χ1n) is 13.4. The van der Waals surface area contributed by atoms with E-state index in [4.69, 9.17) is 9.47 Å². The van der Waals surface area contributed by atoms with Crippen LogP contribution < -0.4 is 0 Å². The molecule has 6 nitrogen and oxygen atoms in total. The Morgan fingerprint density at radius 1 is 1.13 bits per heavy atom. The lowest BCUT2D eigenvalue weighted by atomic mass is 9.73. The van der Waals surface area contributed by atoms with Crippen molar-refractivity contribution >= 4 is 11.8 Å². The molecular weight excluding hydrogens is 529 g/mol. The molecule has 38 heavy (non-hydrogen) atoms. The Morgan fingerprint density at radius 2 is 1.82 bits per heavy atom. The molecule has 1 N–H and O–H groups in total. The lowest BCUT2D eigenvalue weighted by Gasteiger charge is -2.45. The summed E-state index contributed by atoms with van der Waals surface area (Å²) in [5, 5.41) is 15.4. The molecule has 2 saturated carbocycles. The van der Waals surface area contributed by atoms with Crippen LogP contribution in [-0.2, 0) is 16.0 Å². The first kappa shape index (κ1) is 29.7. The Hall–Kier alpha value is -1.24. The average molecular weight is 568 g/mol. The summed E-state index contributed by atoms with van der Waals surface area (Å²) >= 11 is 1.45. The number of nitrogens with zero attached hydrogens (tertiary/aromatic N) is 3. The van der Waals surface area contributed by atoms with Crippen molar-refractivity contribution in [3.63, 3.8) is 0 Å². The SMILES string of the molecule is C/C(=C\C1OCC(S[C@H](C)C(O)(Cn2cncn2)C2CCC(F)CC2F)CO1)C1CCC(C(F)(F)F)CC1.